The summed E-state index contributed by atoms with van der Waals surface area (Å²) in [5, 5.41) is 0. The highest BCUT2D eigenvalue weighted by Crippen LogP contribution is 2.43. The van der Waals surface area contributed by atoms with E-state index in [0.29, 0.717) is 19.5 Å². The topological polar surface area (TPSA) is 29.5 Å². The molecule has 3 heteroatoms. The van der Waals surface area contributed by atoms with E-state index in [1.54, 1.807) is 0 Å². The van der Waals surface area contributed by atoms with E-state index < -0.39 is 0 Å². The second-order valence-electron chi connectivity index (χ2n) is 4.79. The van der Waals surface area contributed by atoms with Crippen molar-refractivity contribution in [2.45, 2.75) is 25.5 Å². The average molecular weight is 267 g/mol. The minimum Gasteiger partial charge on any atom is -0.458 e. The van der Waals surface area contributed by atoms with Gasteiger partial charge < -0.3 is 4.74 Å². The highest BCUT2D eigenvalue weighted by molar-refractivity contribution is 5.66. The Morgan fingerprint density at radius 2 is 1.90 bits per heavy atom. The van der Waals surface area contributed by atoms with Gasteiger partial charge in [-0.3, -0.25) is 9.69 Å². The van der Waals surface area contributed by atoms with Gasteiger partial charge in [0.2, 0.25) is 0 Å². The van der Waals surface area contributed by atoms with Crippen LogP contribution in [0.15, 0.2) is 24.3 Å². The summed E-state index contributed by atoms with van der Waals surface area (Å²) in [6, 6.07) is 8.06. The van der Waals surface area contributed by atoms with Crippen molar-refractivity contribution in [3.63, 3.8) is 0 Å². The van der Waals surface area contributed by atoms with Gasteiger partial charge in [-0.25, -0.2) is 0 Å². The fourth-order valence-electron chi connectivity index (χ4n) is 2.73. The molecule has 3 nitrogen and oxygen atoms in total. The molecule has 1 aliphatic rings. The van der Waals surface area contributed by atoms with Gasteiger partial charge in [0.1, 0.15) is 6.10 Å². The molecule has 1 aliphatic carbocycles. The maximum absolute atomic E-state index is 11.2. The number of fused-ring (bicyclic) bond motifs is 1. The molecule has 2 atom stereocenters. The third-order valence-corrected chi connectivity index (χ3v) is 3.48. The molecule has 0 amide bonds. The first-order valence-corrected chi connectivity index (χ1v) is 6.54. The number of hydrogen-bond donors (Lipinski definition) is 0. The lowest BCUT2D eigenvalue weighted by atomic mass is 10.1. The molecule has 20 heavy (non-hydrogen) atoms. The first-order valence-electron chi connectivity index (χ1n) is 6.54. The summed E-state index contributed by atoms with van der Waals surface area (Å²) in [6.07, 6.45) is 11.3. The zero-order valence-electron chi connectivity index (χ0n) is 11.5. The lowest BCUT2D eigenvalue weighted by Crippen LogP contribution is -2.28. The van der Waals surface area contributed by atoms with Crippen molar-refractivity contribution in [2.24, 2.45) is 0 Å². The minimum absolute atomic E-state index is 0.0997. The monoisotopic (exact) mass is 267 g/mol. The predicted molar refractivity (Wildman–Crippen MR) is 77.5 cm³/mol. The summed E-state index contributed by atoms with van der Waals surface area (Å²) in [5.74, 6) is 5.00. The van der Waals surface area contributed by atoms with Crippen LogP contribution in [0.5, 0.6) is 0 Å². The van der Waals surface area contributed by atoms with Gasteiger partial charge in [-0.05, 0) is 11.1 Å². The summed E-state index contributed by atoms with van der Waals surface area (Å²) >= 11 is 0. The Kier molecular flexibility index (Phi) is 4.45. The van der Waals surface area contributed by atoms with Crippen LogP contribution >= 0.6 is 0 Å². The number of hydrogen-bond acceptors (Lipinski definition) is 3. The molecule has 0 radical (unpaired) electrons. The van der Waals surface area contributed by atoms with Gasteiger partial charge >= 0.3 is 5.97 Å². The zero-order chi connectivity index (χ0) is 14.5. The first kappa shape index (κ1) is 14.2. The van der Waals surface area contributed by atoms with Gasteiger partial charge in [0.15, 0.2) is 0 Å². The van der Waals surface area contributed by atoms with Gasteiger partial charge in [-0.2, -0.15) is 0 Å². The fourth-order valence-corrected chi connectivity index (χ4v) is 2.73. The number of carbonyl (C=O) groups excluding carboxylic acids is 1. The second kappa shape index (κ2) is 6.28. The van der Waals surface area contributed by atoms with Crippen molar-refractivity contribution in [3.05, 3.63) is 35.4 Å². The molecule has 2 rings (SSSR count). The van der Waals surface area contributed by atoms with Crippen LogP contribution in [0.4, 0.5) is 0 Å². The van der Waals surface area contributed by atoms with E-state index in [-0.39, 0.29) is 18.1 Å². The summed E-state index contributed by atoms with van der Waals surface area (Å²) in [5.41, 5.74) is 2.19. The Morgan fingerprint density at radius 3 is 2.45 bits per heavy atom. The fraction of sp³-hybridized carbons (Fsp3) is 0.353. The summed E-state index contributed by atoms with van der Waals surface area (Å²) in [7, 11) is 0. The molecular weight excluding hydrogens is 250 g/mol. The standard InChI is InChI=1S/C17H17NO2/c1-4-10-18(11-5-2)16-12-17(20-13(3)19)15-9-7-6-8-14(15)16/h1-2,6-9,16-17H,10-12H2,3H3/t16-,17+/m1/s1. The number of nitrogens with zero attached hydrogens (tertiary/aromatic N) is 1. The lowest BCUT2D eigenvalue weighted by molar-refractivity contribution is -0.147. The Balaban J connectivity index is 2.30. The summed E-state index contributed by atoms with van der Waals surface area (Å²) in [6.45, 7) is 2.39. The van der Waals surface area contributed by atoms with Crippen LogP contribution < -0.4 is 0 Å². The van der Waals surface area contributed by atoms with Gasteiger partial charge in [0.05, 0.1) is 13.1 Å². The quantitative estimate of drug-likeness (QED) is 0.619. The maximum Gasteiger partial charge on any atom is 0.303 e. The third-order valence-electron chi connectivity index (χ3n) is 3.48. The number of esters is 1. The number of rotatable bonds is 4. The van der Waals surface area contributed by atoms with Crippen molar-refractivity contribution in [2.75, 3.05) is 13.1 Å². The Bertz CT molecular complexity index is 563. The lowest BCUT2D eigenvalue weighted by Gasteiger charge is -2.25. The van der Waals surface area contributed by atoms with E-state index in [1.165, 1.54) is 6.92 Å². The highest BCUT2D eigenvalue weighted by Gasteiger charge is 2.35. The molecule has 0 aromatic heterocycles. The molecule has 1 aromatic rings. The van der Waals surface area contributed by atoms with E-state index in [4.69, 9.17) is 17.6 Å². The van der Waals surface area contributed by atoms with E-state index in [0.717, 1.165) is 11.1 Å². The third kappa shape index (κ3) is 2.85. The molecular formula is C17H17NO2. The molecule has 0 N–H and O–H groups in total. The molecule has 0 fully saturated rings. The maximum atomic E-state index is 11.2. The molecule has 0 bridgehead atoms. The van der Waals surface area contributed by atoms with Gasteiger partial charge in [0, 0.05) is 19.4 Å². The van der Waals surface area contributed by atoms with E-state index in [2.05, 4.69) is 16.7 Å². The van der Waals surface area contributed by atoms with Crippen LogP contribution in [0.1, 0.15) is 36.6 Å². The normalized spacial score (nSPS) is 20.0. The average Bonchev–Trinajstić information content (AvgIpc) is 2.77. The van der Waals surface area contributed by atoms with Crippen LogP contribution in [-0.2, 0) is 9.53 Å². The van der Waals surface area contributed by atoms with E-state index in [1.807, 2.05) is 24.3 Å². The highest BCUT2D eigenvalue weighted by atomic mass is 16.5. The Morgan fingerprint density at radius 1 is 1.30 bits per heavy atom. The predicted octanol–water partition coefficient (Wildman–Crippen LogP) is 2.30. The molecule has 0 saturated heterocycles. The molecule has 1 aromatic carbocycles. The Hall–Kier alpha value is -2.23. The zero-order valence-corrected chi connectivity index (χ0v) is 11.5. The molecule has 0 unspecified atom stereocenters. The van der Waals surface area contributed by atoms with Crippen LogP contribution in [0.25, 0.3) is 0 Å². The summed E-state index contributed by atoms with van der Waals surface area (Å²) < 4.78 is 5.41. The molecule has 0 saturated carbocycles. The minimum atomic E-state index is -0.272. The van der Waals surface area contributed by atoms with Crippen LogP contribution in [0.2, 0.25) is 0 Å². The van der Waals surface area contributed by atoms with Crippen molar-refractivity contribution in [1.29, 1.82) is 0 Å². The van der Waals surface area contributed by atoms with Gasteiger partial charge in [0.25, 0.3) is 0 Å². The van der Waals surface area contributed by atoms with Crippen molar-refractivity contribution < 1.29 is 9.53 Å². The first-order chi connectivity index (χ1) is 9.67. The summed E-state index contributed by atoms with van der Waals surface area (Å²) in [4.78, 5) is 13.3. The molecule has 0 spiro atoms. The number of terminal acetylenes is 2. The van der Waals surface area contributed by atoms with Crippen LogP contribution in [-0.4, -0.2) is 24.0 Å². The van der Waals surface area contributed by atoms with E-state index in [9.17, 15) is 4.79 Å². The van der Waals surface area contributed by atoms with Crippen LogP contribution in [0, 0.1) is 24.7 Å². The largest absolute Gasteiger partial charge is 0.458 e. The molecule has 102 valence electrons. The second-order valence-corrected chi connectivity index (χ2v) is 4.79. The van der Waals surface area contributed by atoms with Gasteiger partial charge in [-0.1, -0.05) is 36.1 Å². The van der Waals surface area contributed by atoms with E-state index >= 15 is 0 Å². The smallest absolute Gasteiger partial charge is 0.303 e. The molecule has 0 aliphatic heterocycles. The number of carbonyl (C=O) groups is 1. The van der Waals surface area contributed by atoms with Crippen molar-refractivity contribution in [3.8, 4) is 24.7 Å². The van der Waals surface area contributed by atoms with Crippen LogP contribution in [0.3, 0.4) is 0 Å². The van der Waals surface area contributed by atoms with Crippen molar-refractivity contribution in [1.82, 2.24) is 4.90 Å². The van der Waals surface area contributed by atoms with Gasteiger partial charge in [-0.15, -0.1) is 12.8 Å². The molecule has 0 heterocycles. The number of benzene rings is 1. The SMILES string of the molecule is C#CCN(CC#C)[C@@H]1C[C@H](OC(C)=O)c2ccccc21. The Labute approximate surface area is 119 Å². The van der Waals surface area contributed by atoms with Crippen molar-refractivity contribution >= 4 is 5.97 Å². The number of ether oxygens (including phenoxy) is 1.